The van der Waals surface area contributed by atoms with E-state index in [2.05, 4.69) is 34.7 Å². The minimum absolute atomic E-state index is 0.599. The van der Waals surface area contributed by atoms with Crippen LogP contribution in [0.1, 0.15) is 5.56 Å². The third kappa shape index (κ3) is 5.25. The second-order valence-electron chi connectivity index (χ2n) is 4.52. The van der Waals surface area contributed by atoms with Crippen molar-refractivity contribution in [2.45, 2.75) is 0 Å². The molecular formula is C12H17BrClNS2. The van der Waals surface area contributed by atoms with Gasteiger partial charge in [0.15, 0.2) is 0 Å². The van der Waals surface area contributed by atoms with Gasteiger partial charge in [0.2, 0.25) is 0 Å². The van der Waals surface area contributed by atoms with Crippen LogP contribution in [0.3, 0.4) is 0 Å². The summed E-state index contributed by atoms with van der Waals surface area (Å²) in [6.07, 6.45) is 8.85. The van der Waals surface area contributed by atoms with Gasteiger partial charge >= 0.3 is 0 Å². The summed E-state index contributed by atoms with van der Waals surface area (Å²) in [5, 5.41) is 1.79. The van der Waals surface area contributed by atoms with E-state index in [-0.39, 0.29) is 0 Å². The van der Waals surface area contributed by atoms with Crippen LogP contribution in [0.5, 0.6) is 0 Å². The first-order chi connectivity index (χ1) is 7.83. The van der Waals surface area contributed by atoms with Crippen molar-refractivity contribution in [2.75, 3.05) is 30.9 Å². The molecular weight excluding hydrogens is 338 g/mol. The van der Waals surface area contributed by atoms with Gasteiger partial charge in [0.05, 0.1) is 15.9 Å². The van der Waals surface area contributed by atoms with E-state index in [9.17, 15) is 0 Å². The van der Waals surface area contributed by atoms with Gasteiger partial charge in [-0.1, -0.05) is 17.7 Å². The molecule has 1 aromatic carbocycles. The summed E-state index contributed by atoms with van der Waals surface area (Å²) in [5.41, 5.74) is 1.09. The number of halogens is 2. The monoisotopic (exact) mass is 353 g/mol. The van der Waals surface area contributed by atoms with Crippen LogP contribution in [0.25, 0.3) is 0 Å². The summed E-state index contributed by atoms with van der Waals surface area (Å²) in [7, 11) is -0.599. The van der Waals surface area contributed by atoms with E-state index in [1.165, 1.54) is 0 Å². The second-order valence-corrected chi connectivity index (χ2v) is 11.0. The Bertz CT molecular complexity index is 427. The van der Waals surface area contributed by atoms with E-state index < -0.39 is 10.0 Å². The Morgan fingerprint density at radius 2 is 2.06 bits per heavy atom. The largest absolute Gasteiger partial charge is 0.269 e. The Morgan fingerprint density at radius 3 is 2.53 bits per heavy atom. The molecule has 1 rings (SSSR count). The normalized spacial score (nSPS) is 13.9. The molecule has 0 radical (unpaired) electrons. The fourth-order valence-electron chi connectivity index (χ4n) is 1.16. The maximum Gasteiger partial charge on any atom is 0.0984 e. The second kappa shape index (κ2) is 6.50. The van der Waals surface area contributed by atoms with Crippen LogP contribution >= 0.6 is 49.3 Å². The van der Waals surface area contributed by atoms with Crippen molar-refractivity contribution in [3.05, 3.63) is 33.3 Å². The minimum Gasteiger partial charge on any atom is -0.269 e. The third-order valence-electron chi connectivity index (χ3n) is 1.96. The Hall–Kier alpha value is 0.360. The predicted molar refractivity (Wildman–Crippen MR) is 89.4 cm³/mol. The lowest BCUT2D eigenvalue weighted by Gasteiger charge is -2.22. The van der Waals surface area contributed by atoms with Crippen molar-refractivity contribution in [1.29, 1.82) is 0 Å². The molecule has 0 bridgehead atoms. The number of thioether (sulfide) groups is 1. The fraction of sp³-hybridized carbons (Fsp3) is 0.417. The van der Waals surface area contributed by atoms with Gasteiger partial charge in [-0.3, -0.25) is 4.99 Å². The van der Waals surface area contributed by atoms with Crippen LogP contribution in [-0.2, 0) is 0 Å². The lowest BCUT2D eigenvalue weighted by Crippen LogP contribution is -2.01. The van der Waals surface area contributed by atoms with Crippen molar-refractivity contribution in [3.8, 4) is 0 Å². The van der Waals surface area contributed by atoms with Gasteiger partial charge in [-0.05, 0) is 53.1 Å². The zero-order valence-electron chi connectivity index (χ0n) is 10.5. The Kier molecular flexibility index (Phi) is 5.90. The number of nitrogens with zero attached hydrogens (tertiary/aromatic N) is 1. The molecule has 0 aliphatic carbocycles. The quantitative estimate of drug-likeness (QED) is 0.557. The summed E-state index contributed by atoms with van der Waals surface area (Å²) in [6, 6.07) is 5.97. The number of rotatable bonds is 3. The summed E-state index contributed by atoms with van der Waals surface area (Å²) in [5.74, 6) is 0.900. The molecule has 0 fully saturated rings. The predicted octanol–water partition coefficient (Wildman–Crippen LogP) is 4.86. The number of aliphatic imine (C=N–C) groups is 1. The van der Waals surface area contributed by atoms with Gasteiger partial charge in [0, 0.05) is 10.0 Å². The molecule has 0 saturated heterocycles. The van der Waals surface area contributed by atoms with E-state index in [1.54, 1.807) is 11.8 Å². The highest BCUT2D eigenvalue weighted by Gasteiger charge is 2.07. The van der Waals surface area contributed by atoms with Crippen molar-refractivity contribution in [3.63, 3.8) is 0 Å². The molecule has 0 heterocycles. The van der Waals surface area contributed by atoms with E-state index in [1.807, 2.05) is 24.5 Å². The van der Waals surface area contributed by atoms with E-state index in [0.717, 1.165) is 26.0 Å². The Labute approximate surface area is 123 Å². The highest BCUT2D eigenvalue weighted by Crippen LogP contribution is 2.35. The highest BCUT2D eigenvalue weighted by atomic mass is 79.9. The van der Waals surface area contributed by atoms with Crippen LogP contribution in [0.15, 0.2) is 27.7 Å². The number of hydrogen-bond acceptors (Lipinski definition) is 2. The first-order valence-electron chi connectivity index (χ1n) is 5.03. The zero-order chi connectivity index (χ0) is 13.1. The molecule has 0 aliphatic heterocycles. The van der Waals surface area contributed by atoms with E-state index in [4.69, 9.17) is 16.6 Å². The number of benzene rings is 1. The van der Waals surface area contributed by atoms with Gasteiger partial charge in [-0.2, -0.15) is 0 Å². The van der Waals surface area contributed by atoms with Gasteiger partial charge < -0.3 is 0 Å². The van der Waals surface area contributed by atoms with Crippen molar-refractivity contribution >= 4 is 54.4 Å². The van der Waals surface area contributed by atoms with Crippen LogP contribution < -0.4 is 0 Å². The lowest BCUT2D eigenvalue weighted by atomic mass is 10.2. The van der Waals surface area contributed by atoms with Crippen LogP contribution in [0, 0.1) is 0 Å². The summed E-state index contributed by atoms with van der Waals surface area (Å²) in [4.78, 5) is 4.70. The van der Waals surface area contributed by atoms with Crippen LogP contribution in [0.2, 0.25) is 5.02 Å². The first-order valence-corrected chi connectivity index (χ1v) is 10.5. The van der Waals surface area contributed by atoms with Gasteiger partial charge in [0.25, 0.3) is 0 Å². The summed E-state index contributed by atoms with van der Waals surface area (Å²) >= 11 is 11.2. The molecule has 0 unspecified atom stereocenters. The lowest BCUT2D eigenvalue weighted by molar-refractivity contribution is 1.36. The number of hydrogen-bond donors (Lipinski definition) is 0. The molecule has 1 nitrogen and oxygen atoms in total. The Balaban J connectivity index is 2.97. The van der Waals surface area contributed by atoms with Crippen LogP contribution in [0.4, 0.5) is 0 Å². The minimum atomic E-state index is -0.599. The average molecular weight is 355 g/mol. The molecule has 1 aromatic rings. The van der Waals surface area contributed by atoms with Crippen LogP contribution in [-0.4, -0.2) is 35.9 Å². The summed E-state index contributed by atoms with van der Waals surface area (Å²) in [6.45, 7) is 0. The Morgan fingerprint density at radius 1 is 1.41 bits per heavy atom. The van der Waals surface area contributed by atoms with Gasteiger partial charge in [0.1, 0.15) is 0 Å². The topological polar surface area (TPSA) is 12.4 Å². The molecule has 17 heavy (non-hydrogen) atoms. The smallest absolute Gasteiger partial charge is 0.0984 e. The molecule has 0 spiro atoms. The standard InChI is InChI=1S/C12H17BrClNS2/c1-16-12(15-8-17(2,3)4)9-5-6-10(13)11(14)7-9/h5-7H,8H2,1-4H3. The third-order valence-corrected chi connectivity index (χ3v) is 4.84. The molecule has 96 valence electrons. The van der Waals surface area contributed by atoms with Crippen molar-refractivity contribution in [1.82, 2.24) is 0 Å². The molecule has 0 aromatic heterocycles. The molecule has 0 aliphatic rings. The van der Waals surface area contributed by atoms with E-state index in [0.29, 0.717) is 0 Å². The SMILES string of the molecule is CSC(=NCS(C)(C)C)c1ccc(Br)c(Cl)c1. The molecule has 0 N–H and O–H groups in total. The zero-order valence-corrected chi connectivity index (χ0v) is 14.4. The summed E-state index contributed by atoms with van der Waals surface area (Å²) < 4.78 is 0.921. The van der Waals surface area contributed by atoms with E-state index >= 15 is 0 Å². The molecule has 0 saturated carbocycles. The molecule has 0 atom stereocenters. The maximum atomic E-state index is 6.10. The first kappa shape index (κ1) is 15.4. The van der Waals surface area contributed by atoms with Crippen molar-refractivity contribution in [2.24, 2.45) is 4.99 Å². The molecule has 0 amide bonds. The highest BCUT2D eigenvalue weighted by molar-refractivity contribution is 9.10. The maximum absolute atomic E-state index is 6.10. The fourth-order valence-corrected chi connectivity index (χ4v) is 2.74. The van der Waals surface area contributed by atoms with Gasteiger partial charge in [-0.15, -0.1) is 11.8 Å². The average Bonchev–Trinajstić information content (AvgIpc) is 2.22. The molecule has 5 heteroatoms. The van der Waals surface area contributed by atoms with Gasteiger partial charge in [-0.25, -0.2) is 10.0 Å². The van der Waals surface area contributed by atoms with Crippen molar-refractivity contribution < 1.29 is 0 Å².